The van der Waals surface area contributed by atoms with Crippen molar-refractivity contribution in [3.8, 4) is 0 Å². The van der Waals surface area contributed by atoms with Crippen LogP contribution in [0.25, 0.3) is 10.2 Å². The van der Waals surface area contributed by atoms with Crippen LogP contribution in [-0.2, 0) is 0 Å². The molecule has 0 radical (unpaired) electrons. The zero-order chi connectivity index (χ0) is 7.84. The normalized spacial score (nSPS) is 10.7. The average Bonchev–Trinajstić information content (AvgIpc) is 2.31. The molecular weight excluding hydrogens is 203 g/mol. The lowest BCUT2D eigenvalue weighted by atomic mass is 10.4. The molecule has 0 amide bonds. The number of thiazole rings is 1. The number of hydrogen-bond acceptors (Lipinski definition) is 3. The van der Waals surface area contributed by atoms with Crippen molar-refractivity contribution in [2.24, 2.45) is 0 Å². The van der Waals surface area contributed by atoms with E-state index < -0.39 is 0 Å². The molecule has 2 nitrogen and oxygen atoms in total. The first-order valence-electron chi connectivity index (χ1n) is 2.83. The summed E-state index contributed by atoms with van der Waals surface area (Å²) < 4.78 is 1.41. The smallest absolute Gasteiger partial charge is 0.184 e. The van der Waals surface area contributed by atoms with Gasteiger partial charge in [0.05, 0.1) is 9.72 Å². The molecule has 0 fully saturated rings. The summed E-state index contributed by atoms with van der Waals surface area (Å²) in [6, 6.07) is 0. The number of halogens is 2. The Morgan fingerprint density at radius 2 is 2.09 bits per heavy atom. The molecule has 56 valence electrons. The van der Waals surface area contributed by atoms with E-state index >= 15 is 0 Å². The van der Waals surface area contributed by atoms with Crippen molar-refractivity contribution in [1.82, 2.24) is 9.97 Å². The van der Waals surface area contributed by atoms with Crippen LogP contribution in [0.5, 0.6) is 0 Å². The van der Waals surface area contributed by atoms with Gasteiger partial charge in [-0.1, -0.05) is 23.2 Å². The van der Waals surface area contributed by atoms with Crippen molar-refractivity contribution in [2.45, 2.75) is 0 Å². The van der Waals surface area contributed by atoms with E-state index in [1.165, 1.54) is 11.3 Å². The Bertz CT molecular complexity index is 398. The van der Waals surface area contributed by atoms with Crippen molar-refractivity contribution in [3.63, 3.8) is 0 Å². The molecule has 0 N–H and O–H groups in total. The van der Waals surface area contributed by atoms with Gasteiger partial charge >= 0.3 is 0 Å². The van der Waals surface area contributed by atoms with Crippen molar-refractivity contribution < 1.29 is 0 Å². The number of pyridine rings is 1. The number of hydrogen-bond donors (Lipinski definition) is 0. The van der Waals surface area contributed by atoms with Gasteiger partial charge in [0.25, 0.3) is 0 Å². The molecule has 0 aliphatic heterocycles. The first kappa shape index (κ1) is 7.28. The zero-order valence-electron chi connectivity index (χ0n) is 5.21. The van der Waals surface area contributed by atoms with Gasteiger partial charge in [-0.15, -0.1) is 11.3 Å². The van der Waals surface area contributed by atoms with Gasteiger partial charge in [0.2, 0.25) is 0 Å². The molecule has 0 atom stereocenters. The van der Waals surface area contributed by atoms with Gasteiger partial charge in [0.15, 0.2) is 4.47 Å². The van der Waals surface area contributed by atoms with E-state index in [9.17, 15) is 0 Å². The fraction of sp³-hybridized carbons (Fsp3) is 0. The minimum Gasteiger partial charge on any atom is -0.262 e. The molecule has 2 rings (SSSR count). The molecule has 0 bridgehead atoms. The van der Waals surface area contributed by atoms with Gasteiger partial charge in [-0.25, -0.2) is 4.98 Å². The quantitative estimate of drug-likeness (QED) is 0.660. The van der Waals surface area contributed by atoms with Crippen LogP contribution in [-0.4, -0.2) is 9.97 Å². The average molecular weight is 205 g/mol. The van der Waals surface area contributed by atoms with Crippen LogP contribution in [0.2, 0.25) is 9.49 Å². The van der Waals surface area contributed by atoms with E-state index in [-0.39, 0.29) is 0 Å². The summed E-state index contributed by atoms with van der Waals surface area (Å²) in [4.78, 5) is 7.93. The minimum absolute atomic E-state index is 0.495. The van der Waals surface area contributed by atoms with Crippen LogP contribution in [0.15, 0.2) is 12.4 Å². The summed E-state index contributed by atoms with van der Waals surface area (Å²) in [7, 11) is 0. The largest absolute Gasteiger partial charge is 0.262 e. The summed E-state index contributed by atoms with van der Waals surface area (Å²) >= 11 is 12.8. The van der Waals surface area contributed by atoms with Gasteiger partial charge in [-0.3, -0.25) is 4.98 Å². The minimum atomic E-state index is 0.495. The maximum atomic E-state index is 5.79. The molecule has 0 unspecified atom stereocenters. The highest BCUT2D eigenvalue weighted by molar-refractivity contribution is 7.22. The Hall–Kier alpha value is -0.380. The first-order chi connectivity index (χ1) is 5.27. The summed E-state index contributed by atoms with van der Waals surface area (Å²) in [5.74, 6) is 0. The van der Waals surface area contributed by atoms with Gasteiger partial charge in [0, 0.05) is 12.4 Å². The predicted octanol–water partition coefficient (Wildman–Crippen LogP) is 3.00. The summed E-state index contributed by atoms with van der Waals surface area (Å²) in [6.45, 7) is 0. The van der Waals surface area contributed by atoms with Gasteiger partial charge < -0.3 is 0 Å². The van der Waals surface area contributed by atoms with Gasteiger partial charge in [0.1, 0.15) is 5.52 Å². The highest BCUT2D eigenvalue weighted by atomic mass is 35.5. The van der Waals surface area contributed by atoms with E-state index in [4.69, 9.17) is 23.2 Å². The Kier molecular flexibility index (Phi) is 1.71. The lowest BCUT2D eigenvalue weighted by Gasteiger charge is -1.87. The fourth-order valence-electron chi connectivity index (χ4n) is 0.795. The van der Waals surface area contributed by atoms with Crippen LogP contribution in [0, 0.1) is 0 Å². The highest BCUT2D eigenvalue weighted by Crippen LogP contribution is 2.28. The maximum Gasteiger partial charge on any atom is 0.184 e. The van der Waals surface area contributed by atoms with E-state index in [2.05, 4.69) is 9.97 Å². The standard InChI is InChI=1S/C6H2Cl2N2S/c7-3-1-9-2-4-5(3)10-6(8)11-4/h1-2H. The van der Waals surface area contributed by atoms with Crippen LogP contribution in [0.1, 0.15) is 0 Å². The third-order valence-corrected chi connectivity index (χ3v) is 2.60. The van der Waals surface area contributed by atoms with Crippen LogP contribution in [0.4, 0.5) is 0 Å². The number of fused-ring (bicyclic) bond motifs is 1. The molecular formula is C6H2Cl2N2S. The number of aromatic nitrogens is 2. The topological polar surface area (TPSA) is 25.8 Å². The number of nitrogens with zero attached hydrogens (tertiary/aromatic N) is 2. The second-order valence-electron chi connectivity index (χ2n) is 1.93. The van der Waals surface area contributed by atoms with E-state index in [1.54, 1.807) is 12.4 Å². The molecule has 0 spiro atoms. The molecule has 11 heavy (non-hydrogen) atoms. The Balaban J connectivity index is 2.90. The molecule has 0 saturated heterocycles. The van der Waals surface area contributed by atoms with Crippen molar-refractivity contribution in [2.75, 3.05) is 0 Å². The van der Waals surface area contributed by atoms with Crippen LogP contribution in [0.3, 0.4) is 0 Å². The van der Waals surface area contributed by atoms with E-state index in [0.717, 1.165) is 10.2 Å². The summed E-state index contributed by atoms with van der Waals surface area (Å²) in [5, 5.41) is 0.547. The second kappa shape index (κ2) is 2.59. The molecule has 0 aliphatic carbocycles. The van der Waals surface area contributed by atoms with Crippen LogP contribution < -0.4 is 0 Å². The Labute approximate surface area is 76.8 Å². The van der Waals surface area contributed by atoms with Crippen molar-refractivity contribution in [1.29, 1.82) is 0 Å². The molecule has 2 aromatic rings. The van der Waals surface area contributed by atoms with E-state index in [1.807, 2.05) is 0 Å². The summed E-state index contributed by atoms with van der Waals surface area (Å²) in [6.07, 6.45) is 3.25. The van der Waals surface area contributed by atoms with Gasteiger partial charge in [-0.2, -0.15) is 0 Å². The fourth-order valence-corrected chi connectivity index (χ4v) is 2.07. The first-order valence-corrected chi connectivity index (χ1v) is 4.40. The molecule has 0 aliphatic rings. The van der Waals surface area contributed by atoms with Crippen molar-refractivity contribution in [3.05, 3.63) is 21.9 Å². The van der Waals surface area contributed by atoms with E-state index in [0.29, 0.717) is 9.49 Å². The molecule has 0 aromatic carbocycles. The third-order valence-electron chi connectivity index (χ3n) is 1.23. The highest BCUT2D eigenvalue weighted by Gasteiger charge is 2.04. The monoisotopic (exact) mass is 204 g/mol. The molecule has 0 saturated carbocycles. The lowest BCUT2D eigenvalue weighted by Crippen LogP contribution is -1.72. The zero-order valence-corrected chi connectivity index (χ0v) is 7.54. The van der Waals surface area contributed by atoms with Crippen molar-refractivity contribution >= 4 is 44.8 Å². The summed E-state index contributed by atoms with van der Waals surface area (Å²) in [5.41, 5.74) is 0.733. The number of rotatable bonds is 0. The maximum absolute atomic E-state index is 5.79. The lowest BCUT2D eigenvalue weighted by molar-refractivity contribution is 1.36. The Morgan fingerprint density at radius 3 is 2.82 bits per heavy atom. The molecule has 2 aromatic heterocycles. The molecule has 5 heteroatoms. The Morgan fingerprint density at radius 1 is 1.27 bits per heavy atom. The third kappa shape index (κ3) is 1.20. The van der Waals surface area contributed by atoms with Crippen LogP contribution >= 0.6 is 34.5 Å². The molecule has 2 heterocycles. The SMILES string of the molecule is Clc1nc2c(Cl)cncc2s1. The second-order valence-corrected chi connectivity index (χ2v) is 3.95. The predicted molar refractivity (Wildman–Crippen MR) is 47.4 cm³/mol. The van der Waals surface area contributed by atoms with Gasteiger partial charge in [-0.05, 0) is 0 Å².